The Morgan fingerprint density at radius 1 is 1.16 bits per heavy atom. The number of aryl methyl sites for hydroxylation is 1. The largest absolute Gasteiger partial charge is 0.468 e. The molecule has 3 atom stereocenters. The molecule has 0 radical (unpaired) electrons. The first kappa shape index (κ1) is 20.5. The number of carbonyl (C=O) groups excluding carboxylic acids is 2. The van der Waals surface area contributed by atoms with Crippen LogP contribution >= 0.6 is 0 Å². The fourth-order valence-electron chi connectivity index (χ4n) is 5.17. The number of unbranched alkanes of at least 4 members (excludes halogenated alkanes) is 2. The molecule has 5 rings (SSSR count). The SMILES string of the molecule is C[C@@]12C[C@@H](c3ccccc3O1)[C@@H](C(N)=O)C(=O)N2CCCCCc1nnc2ccccn12. The van der Waals surface area contributed by atoms with Crippen molar-refractivity contribution in [2.45, 2.75) is 50.7 Å². The van der Waals surface area contributed by atoms with Gasteiger partial charge in [-0.1, -0.05) is 30.7 Å². The molecule has 2 aromatic heterocycles. The predicted octanol–water partition coefficient (Wildman–Crippen LogP) is 2.67. The minimum absolute atomic E-state index is 0.228. The van der Waals surface area contributed by atoms with Gasteiger partial charge in [-0.3, -0.25) is 14.0 Å². The van der Waals surface area contributed by atoms with Crippen molar-refractivity contribution in [3.63, 3.8) is 0 Å². The minimum Gasteiger partial charge on any atom is -0.468 e. The summed E-state index contributed by atoms with van der Waals surface area (Å²) in [5, 5.41) is 8.46. The quantitative estimate of drug-likeness (QED) is 0.456. The van der Waals surface area contributed by atoms with Crippen molar-refractivity contribution in [2.24, 2.45) is 11.7 Å². The lowest BCUT2D eigenvalue weighted by molar-refractivity contribution is -0.175. The molecular formula is C24H27N5O3. The number of rotatable bonds is 7. The Morgan fingerprint density at radius 3 is 2.81 bits per heavy atom. The molecule has 3 aromatic rings. The van der Waals surface area contributed by atoms with Gasteiger partial charge in [-0.2, -0.15) is 0 Å². The molecule has 0 unspecified atom stereocenters. The number of hydrogen-bond donors (Lipinski definition) is 1. The number of carbonyl (C=O) groups is 2. The number of aromatic nitrogens is 3. The fourth-order valence-corrected chi connectivity index (χ4v) is 5.17. The summed E-state index contributed by atoms with van der Waals surface area (Å²) in [6.07, 6.45) is 6.00. The maximum Gasteiger partial charge on any atom is 0.238 e. The summed E-state index contributed by atoms with van der Waals surface area (Å²) in [6.45, 7) is 2.46. The molecule has 2 amide bonds. The van der Waals surface area contributed by atoms with Crippen LogP contribution in [0.2, 0.25) is 0 Å². The van der Waals surface area contributed by atoms with Crippen molar-refractivity contribution in [1.29, 1.82) is 0 Å². The van der Waals surface area contributed by atoms with E-state index in [-0.39, 0.29) is 11.8 Å². The van der Waals surface area contributed by atoms with Gasteiger partial charge in [0.1, 0.15) is 17.5 Å². The molecule has 4 heterocycles. The third-order valence-electron chi connectivity index (χ3n) is 6.73. The van der Waals surface area contributed by atoms with Crippen molar-refractivity contribution in [1.82, 2.24) is 19.5 Å². The van der Waals surface area contributed by atoms with Crippen LogP contribution in [0, 0.1) is 5.92 Å². The van der Waals surface area contributed by atoms with Gasteiger partial charge in [-0.25, -0.2) is 0 Å². The lowest BCUT2D eigenvalue weighted by atomic mass is 9.73. The molecule has 2 N–H and O–H groups in total. The van der Waals surface area contributed by atoms with E-state index in [1.807, 2.05) is 60.0 Å². The Hall–Kier alpha value is -3.42. The third kappa shape index (κ3) is 3.39. The lowest BCUT2D eigenvalue weighted by Gasteiger charge is -2.52. The molecule has 8 heteroatoms. The summed E-state index contributed by atoms with van der Waals surface area (Å²) in [5.41, 5.74) is 6.65. The lowest BCUT2D eigenvalue weighted by Crippen LogP contribution is -2.64. The van der Waals surface area contributed by atoms with Crippen LogP contribution in [-0.2, 0) is 16.0 Å². The molecule has 1 saturated heterocycles. The highest BCUT2D eigenvalue weighted by Gasteiger charge is 2.55. The van der Waals surface area contributed by atoms with E-state index < -0.39 is 17.6 Å². The van der Waals surface area contributed by atoms with Gasteiger partial charge in [0.15, 0.2) is 11.4 Å². The van der Waals surface area contributed by atoms with Crippen molar-refractivity contribution in [3.8, 4) is 5.75 Å². The summed E-state index contributed by atoms with van der Waals surface area (Å²) in [6, 6.07) is 13.5. The number of ether oxygens (including phenoxy) is 1. The van der Waals surface area contributed by atoms with Gasteiger partial charge in [-0.05, 0) is 43.5 Å². The van der Waals surface area contributed by atoms with Crippen LogP contribution in [0.1, 0.15) is 49.9 Å². The van der Waals surface area contributed by atoms with E-state index in [4.69, 9.17) is 10.5 Å². The van der Waals surface area contributed by atoms with Crippen LogP contribution in [0.4, 0.5) is 0 Å². The second-order valence-corrected chi connectivity index (χ2v) is 8.85. The number of nitrogens with two attached hydrogens (primary N) is 1. The zero-order chi connectivity index (χ0) is 22.3. The highest BCUT2D eigenvalue weighted by molar-refractivity contribution is 6.01. The molecule has 1 aromatic carbocycles. The van der Waals surface area contributed by atoms with E-state index in [2.05, 4.69) is 10.2 Å². The highest BCUT2D eigenvalue weighted by Crippen LogP contribution is 2.50. The highest BCUT2D eigenvalue weighted by atomic mass is 16.5. The van der Waals surface area contributed by atoms with E-state index >= 15 is 0 Å². The van der Waals surface area contributed by atoms with E-state index in [0.717, 1.165) is 48.5 Å². The summed E-state index contributed by atoms with van der Waals surface area (Å²) in [5.74, 6) is -0.223. The van der Waals surface area contributed by atoms with Crippen LogP contribution in [-0.4, -0.2) is 43.6 Å². The average molecular weight is 434 g/mol. The molecule has 1 fully saturated rings. The molecule has 8 nitrogen and oxygen atoms in total. The van der Waals surface area contributed by atoms with Crippen LogP contribution < -0.4 is 10.5 Å². The molecule has 2 bridgehead atoms. The van der Waals surface area contributed by atoms with E-state index in [0.29, 0.717) is 13.0 Å². The Bertz CT molecular complexity index is 1180. The number of primary amides is 1. The predicted molar refractivity (Wildman–Crippen MR) is 118 cm³/mol. The number of hydrogen-bond acceptors (Lipinski definition) is 5. The van der Waals surface area contributed by atoms with E-state index in [1.165, 1.54) is 0 Å². The van der Waals surface area contributed by atoms with Gasteiger partial charge in [0, 0.05) is 31.5 Å². The summed E-state index contributed by atoms with van der Waals surface area (Å²) >= 11 is 0. The fraction of sp³-hybridized carbons (Fsp3) is 0.417. The van der Waals surface area contributed by atoms with Crippen LogP contribution in [0.5, 0.6) is 5.75 Å². The molecule has 0 aliphatic carbocycles. The number of amides is 2. The van der Waals surface area contributed by atoms with Gasteiger partial charge in [0.2, 0.25) is 11.8 Å². The van der Waals surface area contributed by atoms with Gasteiger partial charge in [-0.15, -0.1) is 10.2 Å². The third-order valence-corrected chi connectivity index (χ3v) is 6.73. The van der Waals surface area contributed by atoms with Gasteiger partial charge < -0.3 is 15.4 Å². The maximum absolute atomic E-state index is 13.3. The monoisotopic (exact) mass is 433 g/mol. The number of likely N-dealkylation sites (tertiary alicyclic amines) is 1. The van der Waals surface area contributed by atoms with Crippen molar-refractivity contribution >= 4 is 17.5 Å². The van der Waals surface area contributed by atoms with Crippen LogP contribution in [0.3, 0.4) is 0 Å². The molecular weight excluding hydrogens is 406 g/mol. The Balaban J connectivity index is 1.26. The van der Waals surface area contributed by atoms with Crippen LogP contribution in [0.15, 0.2) is 48.7 Å². The van der Waals surface area contributed by atoms with Gasteiger partial charge >= 0.3 is 0 Å². The smallest absolute Gasteiger partial charge is 0.238 e. The number of pyridine rings is 1. The summed E-state index contributed by atoms with van der Waals surface area (Å²) < 4.78 is 8.30. The standard InChI is InChI=1S/C24H27N5O3/c1-24-15-17(16-9-4-5-10-18(16)32-24)21(22(25)30)23(31)29(24)14-7-2-3-11-19-26-27-20-12-6-8-13-28(19)20/h4-6,8-10,12-13,17,21H,2-3,7,11,14-15H2,1H3,(H2,25,30)/t17-,21-,24-/m0/s1. The first-order valence-corrected chi connectivity index (χ1v) is 11.2. The minimum atomic E-state index is -0.851. The summed E-state index contributed by atoms with van der Waals surface area (Å²) in [7, 11) is 0. The number of piperidine rings is 1. The second kappa shape index (κ2) is 7.93. The van der Waals surface area contributed by atoms with Gasteiger partial charge in [0.25, 0.3) is 0 Å². The Kier molecular flexibility index (Phi) is 5.07. The molecule has 2 aliphatic rings. The average Bonchev–Trinajstić information content (AvgIpc) is 3.18. The zero-order valence-electron chi connectivity index (χ0n) is 18.1. The molecule has 32 heavy (non-hydrogen) atoms. The summed E-state index contributed by atoms with van der Waals surface area (Å²) in [4.78, 5) is 27.3. The zero-order valence-corrected chi connectivity index (χ0v) is 18.1. The topological polar surface area (TPSA) is 103 Å². The molecule has 0 saturated carbocycles. The molecule has 0 spiro atoms. The first-order chi connectivity index (χ1) is 15.5. The Labute approximate surface area is 186 Å². The van der Waals surface area contributed by atoms with Gasteiger partial charge in [0.05, 0.1) is 0 Å². The Morgan fingerprint density at radius 2 is 1.97 bits per heavy atom. The van der Waals surface area contributed by atoms with E-state index in [1.54, 1.807) is 4.90 Å². The molecule has 166 valence electrons. The normalized spacial score (nSPS) is 24.3. The molecule has 2 aliphatic heterocycles. The van der Waals surface area contributed by atoms with Crippen LogP contribution in [0.25, 0.3) is 5.65 Å². The maximum atomic E-state index is 13.3. The number of nitrogens with zero attached hydrogens (tertiary/aromatic N) is 4. The van der Waals surface area contributed by atoms with Crippen molar-refractivity contribution in [3.05, 3.63) is 60.0 Å². The van der Waals surface area contributed by atoms with Crippen molar-refractivity contribution in [2.75, 3.05) is 6.54 Å². The second-order valence-electron chi connectivity index (χ2n) is 8.85. The van der Waals surface area contributed by atoms with Crippen molar-refractivity contribution < 1.29 is 14.3 Å². The number of fused-ring (bicyclic) bond motifs is 5. The first-order valence-electron chi connectivity index (χ1n) is 11.2. The number of benzene rings is 1. The van der Waals surface area contributed by atoms with E-state index in [9.17, 15) is 9.59 Å². The number of para-hydroxylation sites is 1.